The largest absolute Gasteiger partial charge is 0.369 e. The third-order valence-electron chi connectivity index (χ3n) is 3.05. The Hall–Kier alpha value is -0.990. The SMILES string of the molecule is CCC(CC)C(C)n1cc(C)nc1N. The van der Waals surface area contributed by atoms with E-state index in [1.54, 1.807) is 0 Å². The lowest BCUT2D eigenvalue weighted by Gasteiger charge is -2.23. The number of anilines is 1. The van der Waals surface area contributed by atoms with Crippen LogP contribution in [0.3, 0.4) is 0 Å². The molecule has 0 fully saturated rings. The van der Waals surface area contributed by atoms with E-state index in [2.05, 4.69) is 30.3 Å². The van der Waals surface area contributed by atoms with Crippen LogP contribution in [0.1, 0.15) is 45.3 Å². The van der Waals surface area contributed by atoms with Gasteiger partial charge in [-0.25, -0.2) is 4.98 Å². The van der Waals surface area contributed by atoms with Crippen LogP contribution in [0.15, 0.2) is 6.20 Å². The molecule has 0 radical (unpaired) electrons. The highest BCUT2D eigenvalue weighted by molar-refractivity contribution is 5.22. The summed E-state index contributed by atoms with van der Waals surface area (Å²) in [4.78, 5) is 4.22. The molecule has 0 aliphatic heterocycles. The van der Waals surface area contributed by atoms with E-state index in [4.69, 9.17) is 5.73 Å². The quantitative estimate of drug-likeness (QED) is 0.802. The predicted molar refractivity (Wildman–Crippen MR) is 60.2 cm³/mol. The van der Waals surface area contributed by atoms with E-state index >= 15 is 0 Å². The van der Waals surface area contributed by atoms with Crippen LogP contribution in [0.4, 0.5) is 5.95 Å². The molecule has 0 bridgehead atoms. The van der Waals surface area contributed by atoms with Crippen LogP contribution in [-0.4, -0.2) is 9.55 Å². The molecule has 1 aromatic heterocycles. The van der Waals surface area contributed by atoms with Crippen molar-refractivity contribution in [2.75, 3.05) is 5.73 Å². The summed E-state index contributed by atoms with van der Waals surface area (Å²) in [6.07, 6.45) is 4.42. The molecule has 1 aromatic rings. The van der Waals surface area contributed by atoms with E-state index in [0.717, 1.165) is 5.69 Å². The maximum atomic E-state index is 5.84. The summed E-state index contributed by atoms with van der Waals surface area (Å²) in [5.74, 6) is 1.33. The number of hydrogen-bond acceptors (Lipinski definition) is 2. The Labute approximate surface area is 86.3 Å². The van der Waals surface area contributed by atoms with E-state index < -0.39 is 0 Å². The van der Waals surface area contributed by atoms with Gasteiger partial charge >= 0.3 is 0 Å². The van der Waals surface area contributed by atoms with Crippen LogP contribution in [-0.2, 0) is 0 Å². The van der Waals surface area contributed by atoms with Crippen LogP contribution in [0, 0.1) is 12.8 Å². The number of aromatic nitrogens is 2. The molecule has 1 atom stereocenters. The number of nitrogen functional groups attached to an aromatic ring is 1. The first kappa shape index (κ1) is 11.1. The third-order valence-corrected chi connectivity index (χ3v) is 3.05. The molecule has 0 saturated heterocycles. The van der Waals surface area contributed by atoms with Gasteiger partial charge in [0.2, 0.25) is 5.95 Å². The Kier molecular flexibility index (Phi) is 3.55. The summed E-state index contributed by atoms with van der Waals surface area (Å²) in [6, 6.07) is 0.450. The number of aryl methyl sites for hydroxylation is 1. The van der Waals surface area contributed by atoms with Crippen molar-refractivity contribution in [2.24, 2.45) is 5.92 Å². The maximum absolute atomic E-state index is 5.84. The zero-order chi connectivity index (χ0) is 10.7. The molecule has 0 aliphatic rings. The Bertz CT molecular complexity index is 287. The second-order valence-electron chi connectivity index (χ2n) is 3.96. The molecular formula is C11H21N3. The lowest BCUT2D eigenvalue weighted by molar-refractivity contribution is 0.336. The second kappa shape index (κ2) is 4.49. The fourth-order valence-corrected chi connectivity index (χ4v) is 2.06. The molecule has 0 saturated carbocycles. The smallest absolute Gasteiger partial charge is 0.200 e. The molecule has 3 nitrogen and oxygen atoms in total. The van der Waals surface area contributed by atoms with Crippen LogP contribution in [0.5, 0.6) is 0 Å². The Morgan fingerprint density at radius 1 is 1.43 bits per heavy atom. The van der Waals surface area contributed by atoms with Crippen molar-refractivity contribution in [1.82, 2.24) is 9.55 Å². The predicted octanol–water partition coefficient (Wildman–Crippen LogP) is 2.77. The summed E-state index contributed by atoms with van der Waals surface area (Å²) in [5, 5.41) is 0. The molecule has 3 heteroatoms. The molecule has 1 heterocycles. The molecule has 14 heavy (non-hydrogen) atoms. The number of hydrogen-bond donors (Lipinski definition) is 1. The Morgan fingerprint density at radius 2 is 2.00 bits per heavy atom. The number of nitrogens with zero attached hydrogens (tertiary/aromatic N) is 2. The first-order valence-electron chi connectivity index (χ1n) is 5.41. The molecule has 1 rings (SSSR count). The highest BCUT2D eigenvalue weighted by Gasteiger charge is 2.17. The first-order chi connectivity index (χ1) is 6.60. The molecule has 1 unspecified atom stereocenters. The molecule has 0 amide bonds. The van der Waals surface area contributed by atoms with Gasteiger partial charge in [0, 0.05) is 12.2 Å². The van der Waals surface area contributed by atoms with Gasteiger partial charge < -0.3 is 10.3 Å². The Balaban J connectivity index is 2.87. The molecule has 0 spiro atoms. The van der Waals surface area contributed by atoms with Gasteiger partial charge in [-0.1, -0.05) is 26.7 Å². The number of imidazole rings is 1. The van der Waals surface area contributed by atoms with Crippen molar-refractivity contribution in [3.63, 3.8) is 0 Å². The molecular weight excluding hydrogens is 174 g/mol. The van der Waals surface area contributed by atoms with Crippen molar-refractivity contribution in [2.45, 2.75) is 46.6 Å². The summed E-state index contributed by atoms with van der Waals surface area (Å²) in [6.45, 7) is 8.65. The molecule has 80 valence electrons. The van der Waals surface area contributed by atoms with Crippen LogP contribution in [0.2, 0.25) is 0 Å². The average Bonchev–Trinajstić information content (AvgIpc) is 2.47. The highest BCUT2D eigenvalue weighted by atomic mass is 15.2. The summed E-state index contributed by atoms with van der Waals surface area (Å²) < 4.78 is 2.09. The molecule has 0 aliphatic carbocycles. The second-order valence-corrected chi connectivity index (χ2v) is 3.96. The van der Waals surface area contributed by atoms with Gasteiger partial charge in [-0.15, -0.1) is 0 Å². The Morgan fingerprint density at radius 3 is 2.36 bits per heavy atom. The average molecular weight is 195 g/mol. The standard InChI is InChI=1S/C11H21N3/c1-5-10(6-2)9(4)14-7-8(3)13-11(14)12/h7,9-10H,5-6H2,1-4H3,(H2,12,13). The zero-order valence-electron chi connectivity index (χ0n) is 9.62. The van der Waals surface area contributed by atoms with Crippen LogP contribution >= 0.6 is 0 Å². The van der Waals surface area contributed by atoms with Crippen molar-refractivity contribution < 1.29 is 0 Å². The normalized spacial score (nSPS) is 13.5. The van der Waals surface area contributed by atoms with Gasteiger partial charge in [0.15, 0.2) is 0 Å². The topological polar surface area (TPSA) is 43.8 Å². The highest BCUT2D eigenvalue weighted by Crippen LogP contribution is 2.26. The number of nitrogens with two attached hydrogens (primary N) is 1. The summed E-state index contributed by atoms with van der Waals surface area (Å²) in [7, 11) is 0. The van der Waals surface area contributed by atoms with Crippen LogP contribution in [0.25, 0.3) is 0 Å². The summed E-state index contributed by atoms with van der Waals surface area (Å²) >= 11 is 0. The molecule has 2 N–H and O–H groups in total. The monoisotopic (exact) mass is 195 g/mol. The minimum Gasteiger partial charge on any atom is -0.369 e. The van der Waals surface area contributed by atoms with E-state index in [1.807, 2.05) is 13.1 Å². The van der Waals surface area contributed by atoms with Crippen molar-refractivity contribution in [3.8, 4) is 0 Å². The first-order valence-corrected chi connectivity index (χ1v) is 5.41. The third kappa shape index (κ3) is 2.08. The van der Waals surface area contributed by atoms with E-state index in [0.29, 0.717) is 17.9 Å². The van der Waals surface area contributed by atoms with Gasteiger partial charge in [-0.3, -0.25) is 0 Å². The summed E-state index contributed by atoms with van der Waals surface area (Å²) in [5.41, 5.74) is 6.84. The van der Waals surface area contributed by atoms with E-state index in [1.165, 1.54) is 12.8 Å². The van der Waals surface area contributed by atoms with E-state index in [9.17, 15) is 0 Å². The fraction of sp³-hybridized carbons (Fsp3) is 0.727. The lowest BCUT2D eigenvalue weighted by atomic mass is 9.95. The van der Waals surface area contributed by atoms with Gasteiger partial charge in [-0.2, -0.15) is 0 Å². The maximum Gasteiger partial charge on any atom is 0.200 e. The van der Waals surface area contributed by atoms with Crippen molar-refractivity contribution in [3.05, 3.63) is 11.9 Å². The van der Waals surface area contributed by atoms with E-state index in [-0.39, 0.29) is 0 Å². The van der Waals surface area contributed by atoms with Gasteiger partial charge in [-0.05, 0) is 19.8 Å². The van der Waals surface area contributed by atoms with Crippen LogP contribution < -0.4 is 5.73 Å². The zero-order valence-corrected chi connectivity index (χ0v) is 9.62. The molecule has 0 aromatic carbocycles. The minimum absolute atomic E-state index is 0.450. The van der Waals surface area contributed by atoms with Crippen molar-refractivity contribution >= 4 is 5.95 Å². The van der Waals surface area contributed by atoms with Crippen molar-refractivity contribution in [1.29, 1.82) is 0 Å². The van der Waals surface area contributed by atoms with Gasteiger partial charge in [0.05, 0.1) is 5.69 Å². The van der Waals surface area contributed by atoms with Gasteiger partial charge in [0.1, 0.15) is 0 Å². The van der Waals surface area contributed by atoms with Gasteiger partial charge in [0.25, 0.3) is 0 Å². The minimum atomic E-state index is 0.450. The lowest BCUT2D eigenvalue weighted by Crippen LogP contribution is -2.16. The number of rotatable bonds is 4. The fourth-order valence-electron chi connectivity index (χ4n) is 2.06.